The average Bonchev–Trinajstić information content (AvgIpc) is 2.76. The van der Waals surface area contributed by atoms with E-state index >= 15 is 0 Å². The van der Waals surface area contributed by atoms with Crippen molar-refractivity contribution >= 4 is 38.7 Å². The van der Waals surface area contributed by atoms with Gasteiger partial charge in [-0.1, -0.05) is 11.6 Å². The topological polar surface area (TPSA) is 96.1 Å². The zero-order valence-electron chi connectivity index (χ0n) is 18.9. The van der Waals surface area contributed by atoms with Crippen LogP contribution in [0.15, 0.2) is 46.6 Å². The van der Waals surface area contributed by atoms with E-state index in [0.717, 1.165) is 30.3 Å². The molecule has 2 aromatic rings. The lowest BCUT2D eigenvalue weighted by atomic mass is 9.91. The first kappa shape index (κ1) is 25.1. The van der Waals surface area contributed by atoms with Crippen molar-refractivity contribution in [1.29, 1.82) is 0 Å². The molecule has 1 saturated heterocycles. The third-order valence-corrected chi connectivity index (χ3v) is 7.88. The van der Waals surface area contributed by atoms with Gasteiger partial charge in [0.05, 0.1) is 28.0 Å². The summed E-state index contributed by atoms with van der Waals surface area (Å²) in [7, 11) is -1.78. The number of sulfone groups is 1. The summed E-state index contributed by atoms with van der Waals surface area (Å²) >= 11 is 6.41. The minimum Gasteiger partial charge on any atom is -0.400 e. The predicted octanol–water partition coefficient (Wildman–Crippen LogP) is 3.47. The van der Waals surface area contributed by atoms with Gasteiger partial charge in [-0.05, 0) is 37.6 Å². The van der Waals surface area contributed by atoms with Crippen molar-refractivity contribution in [3.05, 3.63) is 75.2 Å². The summed E-state index contributed by atoms with van der Waals surface area (Å²) < 4.78 is 65.0. The zero-order valence-corrected chi connectivity index (χ0v) is 20.4. The fourth-order valence-corrected chi connectivity index (χ4v) is 5.80. The van der Waals surface area contributed by atoms with Gasteiger partial charge in [0.2, 0.25) is 0 Å². The van der Waals surface area contributed by atoms with Crippen LogP contribution in [0.2, 0.25) is 5.02 Å². The fourth-order valence-electron chi connectivity index (χ4n) is 4.34. The molecule has 35 heavy (non-hydrogen) atoms. The van der Waals surface area contributed by atoms with Crippen LogP contribution in [0.4, 0.5) is 18.9 Å². The Morgan fingerprint density at radius 3 is 2.26 bits per heavy atom. The molecule has 0 saturated carbocycles. The molecule has 0 spiro atoms. The van der Waals surface area contributed by atoms with Crippen LogP contribution < -0.4 is 10.6 Å². The van der Waals surface area contributed by atoms with Gasteiger partial charge in [-0.25, -0.2) is 21.6 Å². The molecule has 2 aromatic carbocycles. The molecule has 1 unspecified atom stereocenters. The lowest BCUT2D eigenvalue weighted by Gasteiger charge is -2.37. The van der Waals surface area contributed by atoms with E-state index in [4.69, 9.17) is 17.3 Å². The summed E-state index contributed by atoms with van der Waals surface area (Å²) in [5, 5.41) is -0.0575. The Morgan fingerprint density at radius 2 is 1.69 bits per heavy atom. The molecule has 186 valence electrons. The van der Waals surface area contributed by atoms with E-state index in [-0.39, 0.29) is 52.3 Å². The molecule has 0 bridgehead atoms. The van der Waals surface area contributed by atoms with E-state index in [1.165, 1.54) is 16.8 Å². The standard InChI is InChI=1S/C23H22ClF3N4O3S/c1-12-21(28)17(22(29-2)13-5-14(25)7-15(26)6-13)3-4-31(12)23(32)18-8-16(27)9-19(20(18)24)30-10-35(33,34)11-30/h5-9,12H,3-4,10-11,28H2,1-2H3. The Balaban J connectivity index is 1.65. The number of nitrogens with two attached hydrogens (primary N) is 1. The second-order valence-electron chi connectivity index (χ2n) is 8.42. The molecule has 2 heterocycles. The molecule has 2 aliphatic heterocycles. The SMILES string of the molecule is CN=C(C1=C(N)C(C)N(C(=O)c2cc(F)cc(N3CS(=O)(=O)C3)c2Cl)CC1)c1cc(F)cc(F)c1. The van der Waals surface area contributed by atoms with Gasteiger partial charge >= 0.3 is 0 Å². The number of aliphatic imine (C=N–C) groups is 1. The van der Waals surface area contributed by atoms with Crippen molar-refractivity contribution in [3.63, 3.8) is 0 Å². The Kier molecular flexibility index (Phi) is 6.58. The van der Waals surface area contributed by atoms with E-state index in [1.807, 2.05) is 0 Å². The van der Waals surface area contributed by atoms with Crippen molar-refractivity contribution in [2.75, 3.05) is 30.2 Å². The quantitative estimate of drug-likeness (QED) is 0.615. The molecule has 1 amide bonds. The average molecular weight is 527 g/mol. The Bertz CT molecular complexity index is 1360. The normalized spacial score (nSPS) is 20.2. The zero-order chi connectivity index (χ0) is 25.7. The van der Waals surface area contributed by atoms with E-state index in [9.17, 15) is 26.4 Å². The van der Waals surface area contributed by atoms with Crippen LogP contribution in [0.25, 0.3) is 0 Å². The summed E-state index contributed by atoms with van der Waals surface area (Å²) in [6, 6.07) is 4.48. The summed E-state index contributed by atoms with van der Waals surface area (Å²) in [5.41, 5.74) is 7.71. The molecule has 12 heteroatoms. The Morgan fingerprint density at radius 1 is 1.09 bits per heavy atom. The second-order valence-corrected chi connectivity index (χ2v) is 10.8. The minimum absolute atomic E-state index is 0.0575. The van der Waals surface area contributed by atoms with Crippen LogP contribution in [-0.4, -0.2) is 56.3 Å². The third kappa shape index (κ3) is 4.74. The maximum atomic E-state index is 14.4. The Labute approximate surface area is 205 Å². The van der Waals surface area contributed by atoms with Crippen LogP contribution in [-0.2, 0) is 9.84 Å². The van der Waals surface area contributed by atoms with Crippen LogP contribution in [0, 0.1) is 17.5 Å². The molecule has 0 radical (unpaired) electrons. The molecule has 4 rings (SSSR count). The lowest BCUT2D eigenvalue weighted by Crippen LogP contribution is -2.48. The van der Waals surface area contributed by atoms with E-state index in [2.05, 4.69) is 4.99 Å². The number of carbonyl (C=O) groups is 1. The Hall–Kier alpha value is -3.05. The first-order valence-electron chi connectivity index (χ1n) is 10.6. The van der Waals surface area contributed by atoms with Crippen molar-refractivity contribution < 1.29 is 26.4 Å². The smallest absolute Gasteiger partial charge is 0.256 e. The van der Waals surface area contributed by atoms with Crippen molar-refractivity contribution in [3.8, 4) is 0 Å². The number of hydrogen-bond acceptors (Lipinski definition) is 6. The third-order valence-electron chi connectivity index (χ3n) is 6.07. The van der Waals surface area contributed by atoms with Crippen molar-refractivity contribution in [2.24, 2.45) is 10.7 Å². The van der Waals surface area contributed by atoms with Crippen molar-refractivity contribution in [1.82, 2.24) is 4.90 Å². The maximum Gasteiger partial charge on any atom is 0.256 e. The predicted molar refractivity (Wildman–Crippen MR) is 128 cm³/mol. The number of rotatable bonds is 4. The molecule has 0 aliphatic carbocycles. The summed E-state index contributed by atoms with van der Waals surface area (Å²) in [6.45, 7) is 1.83. The van der Waals surface area contributed by atoms with Gasteiger partial charge in [-0.15, -0.1) is 0 Å². The highest BCUT2D eigenvalue weighted by atomic mass is 35.5. The number of halogens is 4. The van der Waals surface area contributed by atoms with Crippen LogP contribution in [0.5, 0.6) is 0 Å². The van der Waals surface area contributed by atoms with E-state index in [0.29, 0.717) is 11.3 Å². The minimum atomic E-state index is -3.25. The molecule has 2 aliphatic rings. The first-order chi connectivity index (χ1) is 16.4. The van der Waals surface area contributed by atoms with Gasteiger partial charge in [-0.3, -0.25) is 9.79 Å². The van der Waals surface area contributed by atoms with Gasteiger partial charge in [0.25, 0.3) is 5.91 Å². The van der Waals surface area contributed by atoms with Gasteiger partial charge in [-0.2, -0.15) is 0 Å². The summed E-state index contributed by atoms with van der Waals surface area (Å²) in [4.78, 5) is 20.3. The van der Waals surface area contributed by atoms with E-state index < -0.39 is 39.2 Å². The number of nitrogens with zero attached hydrogens (tertiary/aromatic N) is 3. The van der Waals surface area contributed by atoms with Crippen LogP contribution in [0.1, 0.15) is 29.3 Å². The molecule has 7 nitrogen and oxygen atoms in total. The van der Waals surface area contributed by atoms with Gasteiger partial charge < -0.3 is 15.5 Å². The highest BCUT2D eigenvalue weighted by Crippen LogP contribution is 2.36. The fraction of sp³-hybridized carbons (Fsp3) is 0.304. The number of benzene rings is 2. The molecule has 1 fully saturated rings. The molecular formula is C23H22ClF3N4O3S. The molecule has 2 N–H and O–H groups in total. The first-order valence-corrected chi connectivity index (χ1v) is 12.8. The number of anilines is 1. The van der Waals surface area contributed by atoms with Crippen LogP contribution >= 0.6 is 11.6 Å². The largest absolute Gasteiger partial charge is 0.400 e. The molecular weight excluding hydrogens is 505 g/mol. The summed E-state index contributed by atoms with van der Waals surface area (Å²) in [5.74, 6) is -3.47. The van der Waals surface area contributed by atoms with Crippen LogP contribution in [0.3, 0.4) is 0 Å². The van der Waals surface area contributed by atoms with E-state index in [1.54, 1.807) is 6.92 Å². The van der Waals surface area contributed by atoms with Gasteiger partial charge in [0.15, 0.2) is 9.84 Å². The molecule has 1 atom stereocenters. The monoisotopic (exact) mass is 526 g/mol. The summed E-state index contributed by atoms with van der Waals surface area (Å²) in [6.07, 6.45) is 0.233. The highest BCUT2D eigenvalue weighted by molar-refractivity contribution is 7.93. The molecule has 0 aromatic heterocycles. The van der Waals surface area contributed by atoms with Gasteiger partial charge in [0, 0.05) is 36.5 Å². The highest BCUT2D eigenvalue weighted by Gasteiger charge is 2.36. The number of amides is 1. The second kappa shape index (κ2) is 9.19. The number of hydrogen-bond donors (Lipinski definition) is 1. The lowest BCUT2D eigenvalue weighted by molar-refractivity contribution is 0.0706. The van der Waals surface area contributed by atoms with Gasteiger partial charge in [0.1, 0.15) is 29.2 Å². The number of carbonyl (C=O) groups excluding carboxylic acids is 1. The maximum absolute atomic E-state index is 14.4. The van der Waals surface area contributed by atoms with Crippen molar-refractivity contribution in [2.45, 2.75) is 19.4 Å².